The first-order valence-electron chi connectivity index (χ1n) is 8.28. The topological polar surface area (TPSA) is 3.24 Å². The first-order valence-corrected chi connectivity index (χ1v) is 8.28. The van der Waals surface area contributed by atoms with Crippen LogP contribution in [0.5, 0.6) is 0 Å². The zero-order valence-electron chi connectivity index (χ0n) is 13.8. The molecule has 1 aromatic rings. The van der Waals surface area contributed by atoms with E-state index in [1.165, 1.54) is 37.9 Å². The molecule has 1 nitrogen and oxygen atoms in total. The third kappa shape index (κ3) is 2.06. The van der Waals surface area contributed by atoms with Crippen LogP contribution < -0.4 is 4.90 Å². The lowest BCUT2D eigenvalue weighted by atomic mass is 9.62. The van der Waals surface area contributed by atoms with Crippen molar-refractivity contribution >= 4 is 5.69 Å². The first-order chi connectivity index (χ1) is 9.35. The second kappa shape index (κ2) is 4.51. The molecule has 0 saturated heterocycles. The molecule has 1 heterocycles. The third-order valence-corrected chi connectivity index (χ3v) is 5.65. The van der Waals surface area contributed by atoms with E-state index in [9.17, 15) is 0 Å². The Labute approximate surface area is 124 Å². The zero-order valence-corrected chi connectivity index (χ0v) is 13.8. The highest BCUT2D eigenvalue weighted by molar-refractivity contribution is 5.62. The predicted octanol–water partition coefficient (Wildman–Crippen LogP) is 4.81. The Hall–Kier alpha value is -0.980. The smallest absolute Gasteiger partial charge is 0.0401 e. The molecule has 0 atom stereocenters. The zero-order chi connectivity index (χ0) is 14.5. The second-order valence-corrected chi connectivity index (χ2v) is 7.98. The van der Waals surface area contributed by atoms with Crippen molar-refractivity contribution in [3.8, 4) is 0 Å². The molecule has 110 valence electrons. The van der Waals surface area contributed by atoms with E-state index in [2.05, 4.69) is 51.7 Å². The van der Waals surface area contributed by atoms with Crippen LogP contribution in [0.25, 0.3) is 0 Å². The molecular formula is C19H29N. The van der Waals surface area contributed by atoms with E-state index in [4.69, 9.17) is 0 Å². The average Bonchev–Trinajstić information content (AvgIpc) is 2.42. The van der Waals surface area contributed by atoms with Crippen LogP contribution in [-0.2, 0) is 17.3 Å². The van der Waals surface area contributed by atoms with Crippen LogP contribution in [0.15, 0.2) is 12.1 Å². The predicted molar refractivity (Wildman–Crippen MR) is 87.9 cm³/mol. The molecule has 0 aromatic heterocycles. The minimum Gasteiger partial charge on any atom is -0.372 e. The molecule has 1 heteroatoms. The van der Waals surface area contributed by atoms with Crippen LogP contribution >= 0.6 is 0 Å². The number of aryl methyl sites for hydroxylation is 1. The summed E-state index contributed by atoms with van der Waals surface area (Å²) in [7, 11) is 0. The molecule has 2 aliphatic rings. The highest BCUT2D eigenvalue weighted by Crippen LogP contribution is 2.48. The van der Waals surface area contributed by atoms with Crippen molar-refractivity contribution in [1.29, 1.82) is 0 Å². The van der Waals surface area contributed by atoms with Crippen LogP contribution in [0.2, 0.25) is 0 Å². The molecule has 1 aromatic carbocycles. The second-order valence-electron chi connectivity index (χ2n) is 7.98. The minimum absolute atomic E-state index is 0.330. The summed E-state index contributed by atoms with van der Waals surface area (Å²) in [6.45, 7) is 14.3. The van der Waals surface area contributed by atoms with Gasteiger partial charge in [-0.1, -0.05) is 33.8 Å². The molecular weight excluding hydrogens is 242 g/mol. The van der Waals surface area contributed by atoms with Crippen molar-refractivity contribution in [2.45, 2.75) is 71.1 Å². The summed E-state index contributed by atoms with van der Waals surface area (Å²) in [6, 6.07) is 5.08. The fraction of sp³-hybridized carbons (Fsp3) is 0.684. The van der Waals surface area contributed by atoms with Gasteiger partial charge in [-0.05, 0) is 66.2 Å². The third-order valence-electron chi connectivity index (χ3n) is 5.65. The lowest BCUT2D eigenvalue weighted by Crippen LogP contribution is -2.36. The van der Waals surface area contributed by atoms with E-state index in [1.807, 2.05) is 0 Å². The molecule has 0 spiro atoms. The van der Waals surface area contributed by atoms with E-state index in [0.29, 0.717) is 10.8 Å². The number of rotatable bonds is 1. The fourth-order valence-electron chi connectivity index (χ4n) is 4.05. The summed E-state index contributed by atoms with van der Waals surface area (Å²) in [5.74, 6) is 0. The van der Waals surface area contributed by atoms with Crippen LogP contribution in [0, 0.1) is 0 Å². The summed E-state index contributed by atoms with van der Waals surface area (Å²) in [5, 5.41) is 0. The molecule has 0 unspecified atom stereocenters. The summed E-state index contributed by atoms with van der Waals surface area (Å²) < 4.78 is 0. The van der Waals surface area contributed by atoms with Crippen molar-refractivity contribution in [2.75, 3.05) is 18.0 Å². The molecule has 0 amide bonds. The summed E-state index contributed by atoms with van der Waals surface area (Å²) >= 11 is 0. The molecule has 20 heavy (non-hydrogen) atoms. The van der Waals surface area contributed by atoms with Gasteiger partial charge in [0, 0.05) is 18.8 Å². The molecule has 0 radical (unpaired) electrons. The van der Waals surface area contributed by atoms with Crippen molar-refractivity contribution in [2.24, 2.45) is 0 Å². The largest absolute Gasteiger partial charge is 0.372 e. The summed E-state index contributed by atoms with van der Waals surface area (Å²) in [5.41, 5.74) is 7.00. The van der Waals surface area contributed by atoms with Gasteiger partial charge in [-0.25, -0.2) is 0 Å². The maximum atomic E-state index is 2.57. The molecule has 3 rings (SSSR count). The van der Waals surface area contributed by atoms with Crippen LogP contribution in [0.1, 0.15) is 70.6 Å². The van der Waals surface area contributed by atoms with Gasteiger partial charge in [0.15, 0.2) is 0 Å². The molecule has 0 N–H and O–H groups in total. The number of hydrogen-bond donors (Lipinski definition) is 0. The summed E-state index contributed by atoms with van der Waals surface area (Å²) in [4.78, 5) is 2.57. The van der Waals surface area contributed by atoms with E-state index in [0.717, 1.165) is 6.54 Å². The van der Waals surface area contributed by atoms with Gasteiger partial charge >= 0.3 is 0 Å². The molecule has 1 aliphatic carbocycles. The van der Waals surface area contributed by atoms with Gasteiger partial charge in [-0.15, -0.1) is 0 Å². The van der Waals surface area contributed by atoms with E-state index in [1.54, 1.807) is 16.7 Å². The van der Waals surface area contributed by atoms with Crippen molar-refractivity contribution < 1.29 is 0 Å². The molecule has 0 bridgehead atoms. The number of fused-ring (bicyclic) bond motifs is 2. The Balaban J connectivity index is 2.20. The van der Waals surface area contributed by atoms with E-state index >= 15 is 0 Å². The Morgan fingerprint density at radius 1 is 1.00 bits per heavy atom. The number of hydrogen-bond acceptors (Lipinski definition) is 1. The molecule has 0 saturated carbocycles. The Morgan fingerprint density at radius 3 is 2.20 bits per heavy atom. The fourth-order valence-corrected chi connectivity index (χ4v) is 4.05. The van der Waals surface area contributed by atoms with Gasteiger partial charge < -0.3 is 4.90 Å². The Kier molecular flexibility index (Phi) is 3.15. The van der Waals surface area contributed by atoms with E-state index in [-0.39, 0.29) is 0 Å². The maximum absolute atomic E-state index is 2.57. The molecule has 1 aliphatic heterocycles. The van der Waals surface area contributed by atoms with Crippen LogP contribution in [-0.4, -0.2) is 13.1 Å². The quantitative estimate of drug-likeness (QED) is 0.708. The van der Waals surface area contributed by atoms with Crippen molar-refractivity contribution in [3.05, 3.63) is 28.8 Å². The standard InChI is InChI=1S/C19H29N/c1-6-20-11-7-8-14-12-15-16(13-17(14)20)19(4,5)10-9-18(15,2)3/h12-13H,6-11H2,1-5H3. The lowest BCUT2D eigenvalue weighted by Gasteiger charge is -2.44. The van der Waals surface area contributed by atoms with Gasteiger partial charge in [0.25, 0.3) is 0 Å². The van der Waals surface area contributed by atoms with Gasteiger partial charge in [-0.2, -0.15) is 0 Å². The normalized spacial score (nSPS) is 23.1. The van der Waals surface area contributed by atoms with Gasteiger partial charge in [-0.3, -0.25) is 0 Å². The molecule has 0 fully saturated rings. The van der Waals surface area contributed by atoms with Gasteiger partial charge in [0.05, 0.1) is 0 Å². The van der Waals surface area contributed by atoms with Crippen molar-refractivity contribution in [1.82, 2.24) is 0 Å². The number of nitrogens with zero attached hydrogens (tertiary/aromatic N) is 1. The van der Waals surface area contributed by atoms with Crippen molar-refractivity contribution in [3.63, 3.8) is 0 Å². The van der Waals surface area contributed by atoms with Gasteiger partial charge in [0.2, 0.25) is 0 Å². The average molecular weight is 271 g/mol. The number of anilines is 1. The number of benzene rings is 1. The maximum Gasteiger partial charge on any atom is 0.0401 e. The van der Waals surface area contributed by atoms with Crippen LogP contribution in [0.4, 0.5) is 5.69 Å². The van der Waals surface area contributed by atoms with Crippen LogP contribution in [0.3, 0.4) is 0 Å². The highest BCUT2D eigenvalue weighted by atomic mass is 15.1. The summed E-state index contributed by atoms with van der Waals surface area (Å²) in [6.07, 6.45) is 5.18. The Morgan fingerprint density at radius 2 is 1.60 bits per heavy atom. The minimum atomic E-state index is 0.330. The lowest BCUT2D eigenvalue weighted by molar-refractivity contribution is 0.331. The first kappa shape index (κ1) is 14.0. The highest BCUT2D eigenvalue weighted by Gasteiger charge is 2.38. The Bertz CT molecular complexity index is 525. The SMILES string of the molecule is CCN1CCCc2cc3c(cc21)C(C)(C)CCC3(C)C. The van der Waals surface area contributed by atoms with Gasteiger partial charge in [0.1, 0.15) is 0 Å². The monoisotopic (exact) mass is 271 g/mol. The van der Waals surface area contributed by atoms with E-state index < -0.39 is 0 Å².